The van der Waals surface area contributed by atoms with Gasteiger partial charge in [-0.15, -0.1) is 0 Å². The quantitative estimate of drug-likeness (QED) is 0.582. The molecular formula is C25H23N5O3S. The Morgan fingerprint density at radius 2 is 1.74 bits per heavy atom. The van der Waals surface area contributed by atoms with Gasteiger partial charge in [-0.3, -0.25) is 14.4 Å². The van der Waals surface area contributed by atoms with Crippen molar-refractivity contribution in [2.45, 2.75) is 24.5 Å². The van der Waals surface area contributed by atoms with Crippen LogP contribution in [-0.4, -0.2) is 51.1 Å². The highest BCUT2D eigenvalue weighted by molar-refractivity contribution is 8.15. The molecule has 0 saturated carbocycles. The van der Waals surface area contributed by atoms with E-state index in [1.165, 1.54) is 11.8 Å². The van der Waals surface area contributed by atoms with E-state index >= 15 is 0 Å². The topological polar surface area (TPSA) is 104 Å². The van der Waals surface area contributed by atoms with Crippen LogP contribution in [0.3, 0.4) is 0 Å². The van der Waals surface area contributed by atoms with Crippen molar-refractivity contribution >= 4 is 57.1 Å². The number of rotatable bonds is 5. The molecule has 172 valence electrons. The summed E-state index contributed by atoms with van der Waals surface area (Å²) < 4.78 is 0. The second kappa shape index (κ2) is 9.64. The van der Waals surface area contributed by atoms with Crippen molar-refractivity contribution in [3.63, 3.8) is 0 Å². The third-order valence-electron chi connectivity index (χ3n) is 5.75. The molecular weight excluding hydrogens is 450 g/mol. The number of fused-ring (bicyclic) bond motifs is 1. The number of aromatic nitrogens is 1. The SMILES string of the molecule is O=C(CC1SC(N2CCCC2)=NC1=O)Nc1ccc(C(=O)Nc2ccc3ccccc3n2)cc1. The van der Waals surface area contributed by atoms with Crippen molar-refractivity contribution in [1.82, 2.24) is 9.88 Å². The van der Waals surface area contributed by atoms with Gasteiger partial charge >= 0.3 is 0 Å². The smallest absolute Gasteiger partial charge is 0.262 e. The van der Waals surface area contributed by atoms with Crippen LogP contribution in [0, 0.1) is 0 Å². The Morgan fingerprint density at radius 3 is 2.53 bits per heavy atom. The number of amides is 3. The molecule has 5 rings (SSSR count). The summed E-state index contributed by atoms with van der Waals surface area (Å²) >= 11 is 1.37. The first-order valence-corrected chi connectivity index (χ1v) is 12.0. The fourth-order valence-corrected chi connectivity index (χ4v) is 5.08. The van der Waals surface area contributed by atoms with E-state index in [9.17, 15) is 14.4 Å². The number of anilines is 2. The van der Waals surface area contributed by atoms with Crippen LogP contribution in [0.2, 0.25) is 0 Å². The number of para-hydroxylation sites is 1. The van der Waals surface area contributed by atoms with Crippen molar-refractivity contribution in [2.75, 3.05) is 23.7 Å². The van der Waals surface area contributed by atoms with Crippen molar-refractivity contribution in [3.8, 4) is 0 Å². The summed E-state index contributed by atoms with van der Waals surface area (Å²) in [5.41, 5.74) is 1.80. The Hall–Kier alpha value is -3.72. The Morgan fingerprint density at radius 1 is 0.971 bits per heavy atom. The fourth-order valence-electron chi connectivity index (χ4n) is 3.96. The predicted octanol–water partition coefficient (Wildman–Crippen LogP) is 3.91. The van der Waals surface area contributed by atoms with Crippen molar-refractivity contribution in [3.05, 3.63) is 66.2 Å². The summed E-state index contributed by atoms with van der Waals surface area (Å²) in [5, 5.41) is 6.83. The molecule has 3 amide bonds. The molecule has 34 heavy (non-hydrogen) atoms. The molecule has 1 fully saturated rings. The molecule has 9 heteroatoms. The summed E-state index contributed by atoms with van der Waals surface area (Å²) in [6.07, 6.45) is 2.26. The average Bonchev–Trinajstić information content (AvgIpc) is 3.50. The van der Waals surface area contributed by atoms with E-state index in [0.717, 1.165) is 42.0 Å². The first-order valence-electron chi connectivity index (χ1n) is 11.2. The number of amidine groups is 1. The highest BCUT2D eigenvalue weighted by atomic mass is 32.2. The second-order valence-corrected chi connectivity index (χ2v) is 9.38. The summed E-state index contributed by atoms with van der Waals surface area (Å²) in [6, 6.07) is 17.9. The van der Waals surface area contributed by atoms with E-state index in [-0.39, 0.29) is 24.1 Å². The number of hydrogen-bond donors (Lipinski definition) is 2. The first kappa shape index (κ1) is 22.1. The average molecular weight is 474 g/mol. The van der Waals surface area contributed by atoms with Crippen LogP contribution in [0.1, 0.15) is 29.6 Å². The molecule has 3 aromatic rings. The second-order valence-electron chi connectivity index (χ2n) is 8.21. The number of nitrogens with zero attached hydrogens (tertiary/aromatic N) is 3. The van der Waals surface area contributed by atoms with Gasteiger partial charge in [-0.05, 0) is 55.3 Å². The molecule has 1 unspecified atom stereocenters. The normalized spacial score (nSPS) is 17.6. The number of nitrogens with one attached hydrogen (secondary N) is 2. The van der Waals surface area contributed by atoms with Gasteiger partial charge in [0.2, 0.25) is 5.91 Å². The molecule has 2 aliphatic rings. The Bertz CT molecular complexity index is 1290. The third-order valence-corrected chi connectivity index (χ3v) is 6.96. The number of carbonyl (C=O) groups excluding carboxylic acids is 3. The van der Waals surface area contributed by atoms with Crippen molar-refractivity contribution in [1.29, 1.82) is 0 Å². The first-order chi connectivity index (χ1) is 16.5. The summed E-state index contributed by atoms with van der Waals surface area (Å²) in [5.74, 6) is -0.340. The van der Waals surface area contributed by atoms with E-state index < -0.39 is 5.25 Å². The lowest BCUT2D eigenvalue weighted by atomic mass is 10.2. The minimum Gasteiger partial charge on any atom is -0.351 e. The maximum atomic E-state index is 12.6. The van der Waals surface area contributed by atoms with E-state index in [1.54, 1.807) is 30.3 Å². The molecule has 2 aliphatic heterocycles. The standard InChI is InChI=1S/C25H23N5O3S/c31-22(15-20-24(33)29-25(34-20)30-13-3-4-14-30)26-18-10-7-17(8-11-18)23(32)28-21-12-9-16-5-1-2-6-19(16)27-21/h1-2,5-12,20H,3-4,13-15H2,(H,26,31)(H,27,28,32). The molecule has 0 bridgehead atoms. The fraction of sp³-hybridized carbons (Fsp3) is 0.240. The molecule has 2 N–H and O–H groups in total. The molecule has 1 aromatic heterocycles. The van der Waals surface area contributed by atoms with Crippen molar-refractivity contribution in [2.24, 2.45) is 4.99 Å². The number of carbonyl (C=O) groups is 3. The van der Waals surface area contributed by atoms with Crippen LogP contribution in [-0.2, 0) is 9.59 Å². The number of benzene rings is 2. The van der Waals surface area contributed by atoms with Crippen LogP contribution < -0.4 is 10.6 Å². The molecule has 0 aliphatic carbocycles. The molecule has 0 radical (unpaired) electrons. The monoisotopic (exact) mass is 473 g/mol. The van der Waals surface area contributed by atoms with Crippen LogP contribution in [0.4, 0.5) is 11.5 Å². The number of likely N-dealkylation sites (tertiary alicyclic amines) is 1. The maximum absolute atomic E-state index is 12.6. The molecule has 1 atom stereocenters. The summed E-state index contributed by atoms with van der Waals surface area (Å²) in [7, 11) is 0. The molecule has 8 nitrogen and oxygen atoms in total. The number of pyridine rings is 1. The third kappa shape index (κ3) is 4.94. The number of thioether (sulfide) groups is 1. The van der Waals surface area contributed by atoms with Gasteiger partial charge in [0.1, 0.15) is 11.1 Å². The van der Waals surface area contributed by atoms with Gasteiger partial charge in [0, 0.05) is 36.1 Å². The van der Waals surface area contributed by atoms with Crippen LogP contribution in [0.25, 0.3) is 10.9 Å². The molecule has 0 spiro atoms. The van der Waals surface area contributed by atoms with Crippen molar-refractivity contribution < 1.29 is 14.4 Å². The van der Waals surface area contributed by atoms with E-state index in [0.29, 0.717) is 17.1 Å². The van der Waals surface area contributed by atoms with Crippen LogP contribution in [0.15, 0.2) is 65.7 Å². The zero-order valence-corrected chi connectivity index (χ0v) is 19.2. The van der Waals surface area contributed by atoms with Gasteiger partial charge < -0.3 is 15.5 Å². The highest BCUT2D eigenvalue weighted by Crippen LogP contribution is 2.29. The van der Waals surface area contributed by atoms with Gasteiger partial charge in [0.15, 0.2) is 5.17 Å². The van der Waals surface area contributed by atoms with E-state index in [2.05, 4.69) is 25.5 Å². The number of aliphatic imine (C=N–C) groups is 1. The Kier molecular flexibility index (Phi) is 6.27. The van der Waals surface area contributed by atoms with Gasteiger partial charge in [-0.2, -0.15) is 4.99 Å². The van der Waals surface area contributed by atoms with Gasteiger partial charge in [-0.25, -0.2) is 4.98 Å². The lowest BCUT2D eigenvalue weighted by Gasteiger charge is -2.16. The van der Waals surface area contributed by atoms with Crippen LogP contribution in [0.5, 0.6) is 0 Å². The highest BCUT2D eigenvalue weighted by Gasteiger charge is 2.33. The summed E-state index contributed by atoms with van der Waals surface area (Å²) in [6.45, 7) is 1.82. The molecule has 1 saturated heterocycles. The number of hydrogen-bond acceptors (Lipinski definition) is 6. The van der Waals surface area contributed by atoms with Crippen LogP contribution >= 0.6 is 11.8 Å². The van der Waals surface area contributed by atoms with Gasteiger partial charge in [0.25, 0.3) is 11.8 Å². The van der Waals surface area contributed by atoms with E-state index in [4.69, 9.17) is 0 Å². The lowest BCUT2D eigenvalue weighted by Crippen LogP contribution is -2.25. The minimum atomic E-state index is -0.491. The zero-order chi connectivity index (χ0) is 23.5. The lowest BCUT2D eigenvalue weighted by molar-refractivity contribution is -0.121. The van der Waals surface area contributed by atoms with E-state index in [1.807, 2.05) is 30.3 Å². The van der Waals surface area contributed by atoms with Gasteiger partial charge in [-0.1, -0.05) is 30.0 Å². The predicted molar refractivity (Wildman–Crippen MR) is 134 cm³/mol. The Labute approximate surface area is 200 Å². The summed E-state index contributed by atoms with van der Waals surface area (Å²) in [4.78, 5) is 48.0. The minimum absolute atomic E-state index is 0.0558. The molecule has 3 heterocycles. The zero-order valence-electron chi connectivity index (χ0n) is 18.4. The Balaban J connectivity index is 1.15. The molecule has 2 aromatic carbocycles. The van der Waals surface area contributed by atoms with Gasteiger partial charge in [0.05, 0.1) is 5.52 Å². The largest absolute Gasteiger partial charge is 0.351 e. The maximum Gasteiger partial charge on any atom is 0.262 e.